The Kier molecular flexibility index (Phi) is 6.19. The highest BCUT2D eigenvalue weighted by Crippen LogP contribution is 2.34. The lowest BCUT2D eigenvalue weighted by atomic mass is 9.87. The molecular formula is C19H26O6. The maximum absolute atomic E-state index is 11.8. The molecule has 1 saturated heterocycles. The maximum Gasteiger partial charge on any atom is 0.337 e. The van der Waals surface area contributed by atoms with Gasteiger partial charge in [0.2, 0.25) is 0 Å². The molecule has 2 N–H and O–H groups in total. The number of fused-ring (bicyclic) bond motifs is 1. The van der Waals surface area contributed by atoms with Crippen molar-refractivity contribution in [2.24, 2.45) is 5.92 Å². The third-order valence-electron chi connectivity index (χ3n) is 4.53. The number of hydrogen-bond acceptors (Lipinski definition) is 6. The van der Waals surface area contributed by atoms with Gasteiger partial charge in [-0.25, -0.2) is 9.59 Å². The molecule has 1 aliphatic heterocycles. The highest BCUT2D eigenvalue weighted by molar-refractivity contribution is 5.90. The number of allylic oxidation sites excluding steroid dienone is 2. The Morgan fingerprint density at radius 1 is 1.40 bits per heavy atom. The zero-order chi connectivity index (χ0) is 18.6. The number of carbonyl (C=O) groups excluding carboxylic acids is 2. The van der Waals surface area contributed by atoms with Gasteiger partial charge in [-0.2, -0.15) is 0 Å². The summed E-state index contributed by atoms with van der Waals surface area (Å²) in [5, 5.41) is 19.2. The van der Waals surface area contributed by atoms with Crippen LogP contribution in [-0.2, 0) is 19.1 Å². The number of aliphatic hydroxyl groups is 2. The molecular weight excluding hydrogens is 324 g/mol. The Balaban J connectivity index is 2.13. The summed E-state index contributed by atoms with van der Waals surface area (Å²) in [5.41, 5.74) is 0.629. The molecule has 25 heavy (non-hydrogen) atoms. The van der Waals surface area contributed by atoms with Crippen LogP contribution >= 0.6 is 0 Å². The zero-order valence-corrected chi connectivity index (χ0v) is 14.8. The quantitative estimate of drug-likeness (QED) is 0.456. The molecule has 0 unspecified atom stereocenters. The van der Waals surface area contributed by atoms with E-state index in [0.717, 1.165) is 11.1 Å². The Morgan fingerprint density at radius 3 is 2.76 bits per heavy atom. The van der Waals surface area contributed by atoms with Gasteiger partial charge in [0, 0.05) is 17.9 Å². The number of rotatable bonds is 4. The predicted octanol–water partition coefficient (Wildman–Crippen LogP) is 1.82. The highest BCUT2D eigenvalue weighted by Gasteiger charge is 2.38. The molecule has 138 valence electrons. The smallest absolute Gasteiger partial charge is 0.337 e. The second-order valence-electron chi connectivity index (χ2n) is 7.07. The molecule has 0 spiro atoms. The first-order valence-electron chi connectivity index (χ1n) is 8.48. The summed E-state index contributed by atoms with van der Waals surface area (Å²) in [4.78, 5) is 23.6. The Labute approximate surface area is 147 Å². The lowest BCUT2D eigenvalue weighted by Gasteiger charge is -2.20. The molecule has 1 aliphatic carbocycles. The first kappa shape index (κ1) is 19.4. The number of esters is 2. The summed E-state index contributed by atoms with van der Waals surface area (Å²) in [7, 11) is 0. The molecule has 0 aromatic rings. The summed E-state index contributed by atoms with van der Waals surface area (Å²) in [6.07, 6.45) is 5.98. The van der Waals surface area contributed by atoms with Crippen molar-refractivity contribution in [1.82, 2.24) is 0 Å². The van der Waals surface area contributed by atoms with Crippen molar-refractivity contribution in [2.75, 3.05) is 13.2 Å². The van der Waals surface area contributed by atoms with Crippen LogP contribution in [-0.4, -0.2) is 47.1 Å². The van der Waals surface area contributed by atoms with Gasteiger partial charge in [0.15, 0.2) is 5.60 Å². The molecule has 0 amide bonds. The van der Waals surface area contributed by atoms with E-state index in [0.29, 0.717) is 31.3 Å². The second kappa shape index (κ2) is 7.97. The van der Waals surface area contributed by atoms with E-state index in [9.17, 15) is 19.8 Å². The number of carbonyl (C=O) groups is 2. The van der Waals surface area contributed by atoms with Gasteiger partial charge in [0.1, 0.15) is 12.7 Å². The third kappa shape index (κ3) is 5.03. The summed E-state index contributed by atoms with van der Waals surface area (Å²) in [5.74, 6) is -1.23. The predicted molar refractivity (Wildman–Crippen MR) is 91.5 cm³/mol. The average molecular weight is 350 g/mol. The van der Waals surface area contributed by atoms with E-state index in [1.54, 1.807) is 0 Å². The van der Waals surface area contributed by atoms with Crippen molar-refractivity contribution in [3.8, 4) is 0 Å². The van der Waals surface area contributed by atoms with Crippen LogP contribution in [0.1, 0.15) is 39.5 Å². The average Bonchev–Trinajstić information content (AvgIpc) is 2.81. The van der Waals surface area contributed by atoms with Crippen LogP contribution < -0.4 is 0 Å². The van der Waals surface area contributed by atoms with Crippen molar-refractivity contribution in [1.29, 1.82) is 0 Å². The van der Waals surface area contributed by atoms with Crippen molar-refractivity contribution in [3.05, 3.63) is 35.5 Å². The van der Waals surface area contributed by atoms with Gasteiger partial charge < -0.3 is 19.7 Å². The standard InChI is InChI=1S/C19H26O6/c1-12-15-8-7-13(11-24-18(22)19(2,3)23)5-4-6-14(10-20)9-16(15)25-17(12)21/h6-7,15-16,20,23H,1,4-5,8-11H2,2-3H3/b13-7+,14-6+/t15-,16+/m1/s1. The normalized spacial score (nSPS) is 29.0. The fraction of sp³-hybridized carbons (Fsp3) is 0.579. The Bertz CT molecular complexity index is 608. The van der Waals surface area contributed by atoms with Gasteiger partial charge in [0.05, 0.1) is 6.61 Å². The van der Waals surface area contributed by atoms with Gasteiger partial charge >= 0.3 is 11.9 Å². The first-order valence-corrected chi connectivity index (χ1v) is 8.48. The van der Waals surface area contributed by atoms with Crippen molar-refractivity contribution in [3.63, 3.8) is 0 Å². The summed E-state index contributed by atoms with van der Waals surface area (Å²) in [6.45, 7) is 6.58. The van der Waals surface area contributed by atoms with Gasteiger partial charge in [-0.15, -0.1) is 0 Å². The van der Waals surface area contributed by atoms with Crippen molar-refractivity contribution >= 4 is 11.9 Å². The van der Waals surface area contributed by atoms with Crippen LogP contribution in [0.5, 0.6) is 0 Å². The zero-order valence-electron chi connectivity index (χ0n) is 14.8. The minimum absolute atomic E-state index is 0.0834. The van der Waals surface area contributed by atoms with E-state index >= 15 is 0 Å². The van der Waals surface area contributed by atoms with Crippen LogP contribution in [0.4, 0.5) is 0 Å². The summed E-state index contributed by atoms with van der Waals surface area (Å²) >= 11 is 0. The van der Waals surface area contributed by atoms with E-state index in [1.165, 1.54) is 13.8 Å². The van der Waals surface area contributed by atoms with E-state index in [1.807, 2.05) is 12.2 Å². The minimum Gasteiger partial charge on any atom is -0.459 e. The number of ether oxygens (including phenoxy) is 2. The molecule has 0 saturated carbocycles. The van der Waals surface area contributed by atoms with Crippen molar-refractivity contribution in [2.45, 2.75) is 51.2 Å². The van der Waals surface area contributed by atoms with E-state index in [4.69, 9.17) is 9.47 Å². The fourth-order valence-corrected chi connectivity index (χ4v) is 2.94. The van der Waals surface area contributed by atoms with Crippen LogP contribution in [0.15, 0.2) is 35.5 Å². The molecule has 0 bridgehead atoms. The maximum atomic E-state index is 11.8. The lowest BCUT2D eigenvalue weighted by molar-refractivity contribution is -0.160. The van der Waals surface area contributed by atoms with Gasteiger partial charge in [0.25, 0.3) is 0 Å². The summed E-state index contributed by atoms with van der Waals surface area (Å²) < 4.78 is 10.6. The van der Waals surface area contributed by atoms with E-state index < -0.39 is 17.5 Å². The minimum atomic E-state index is -1.54. The highest BCUT2D eigenvalue weighted by atomic mass is 16.6. The molecule has 2 rings (SSSR count). The van der Waals surface area contributed by atoms with Crippen molar-refractivity contribution < 1.29 is 29.3 Å². The molecule has 1 fully saturated rings. The van der Waals surface area contributed by atoms with Crippen LogP contribution in [0, 0.1) is 5.92 Å². The van der Waals surface area contributed by atoms with Gasteiger partial charge in [-0.05, 0) is 44.3 Å². The topological polar surface area (TPSA) is 93.1 Å². The Hall–Kier alpha value is -1.92. The van der Waals surface area contributed by atoms with E-state index in [2.05, 4.69) is 6.58 Å². The van der Waals surface area contributed by atoms with E-state index in [-0.39, 0.29) is 25.2 Å². The molecule has 1 heterocycles. The monoisotopic (exact) mass is 350 g/mol. The van der Waals surface area contributed by atoms with Crippen LogP contribution in [0.25, 0.3) is 0 Å². The largest absolute Gasteiger partial charge is 0.459 e. The van der Waals surface area contributed by atoms with Crippen LogP contribution in [0.3, 0.4) is 0 Å². The molecule has 2 atom stereocenters. The van der Waals surface area contributed by atoms with Gasteiger partial charge in [-0.1, -0.05) is 18.7 Å². The van der Waals surface area contributed by atoms with Crippen LogP contribution in [0.2, 0.25) is 0 Å². The fourth-order valence-electron chi connectivity index (χ4n) is 2.94. The number of hydrogen-bond donors (Lipinski definition) is 2. The molecule has 2 aliphatic rings. The SMILES string of the molecule is C=C1C(=O)O[C@H]2C/C(CO)=C\CC/C(COC(=O)C(C)(C)O)=C\C[C@H]12. The molecule has 0 radical (unpaired) electrons. The summed E-state index contributed by atoms with van der Waals surface area (Å²) in [6, 6.07) is 0. The second-order valence-corrected chi connectivity index (χ2v) is 7.07. The molecule has 6 nitrogen and oxygen atoms in total. The molecule has 0 aromatic heterocycles. The first-order chi connectivity index (χ1) is 11.7. The molecule has 0 aromatic carbocycles. The molecule has 6 heteroatoms. The number of aliphatic hydroxyl groups excluding tert-OH is 1. The third-order valence-corrected chi connectivity index (χ3v) is 4.53. The lowest BCUT2D eigenvalue weighted by Crippen LogP contribution is -2.33. The van der Waals surface area contributed by atoms with Gasteiger partial charge in [-0.3, -0.25) is 0 Å². The Morgan fingerprint density at radius 2 is 2.12 bits per heavy atom.